The predicted octanol–water partition coefficient (Wildman–Crippen LogP) is 3.08. The molecule has 1 aliphatic heterocycles. The van der Waals surface area contributed by atoms with Gasteiger partial charge in [-0.2, -0.15) is 0 Å². The molecule has 3 heterocycles. The summed E-state index contributed by atoms with van der Waals surface area (Å²) in [5, 5.41) is 4.04. The Morgan fingerprint density at radius 2 is 2.14 bits per heavy atom. The van der Waals surface area contributed by atoms with Crippen LogP contribution in [0.2, 0.25) is 0 Å². The molecule has 1 unspecified atom stereocenters. The van der Waals surface area contributed by atoms with Crippen molar-refractivity contribution >= 4 is 10.9 Å². The number of hydrogen-bond acceptors (Lipinski definition) is 2. The molecular weight excluding hydrogens is 272 g/mol. The number of aromatic nitrogens is 2. The second-order valence-corrected chi connectivity index (χ2v) is 5.25. The number of aromatic amines is 1. The minimum absolute atomic E-state index is 0.0719. The van der Waals surface area contributed by atoms with E-state index in [1.165, 1.54) is 6.07 Å². The zero-order valence-corrected chi connectivity index (χ0v) is 11.2. The number of H-pyrrole nitrogens is 1. The summed E-state index contributed by atoms with van der Waals surface area (Å²) in [6, 6.07) is 6.09. The molecule has 0 saturated heterocycles. The number of pyridine rings is 1. The Kier molecular flexibility index (Phi) is 2.75. The van der Waals surface area contributed by atoms with Crippen molar-refractivity contribution in [2.75, 3.05) is 6.54 Å². The van der Waals surface area contributed by atoms with E-state index in [9.17, 15) is 8.78 Å². The maximum Gasteiger partial charge on any atom is 0.150 e. The molecule has 5 heteroatoms. The Hall–Kier alpha value is -2.27. The summed E-state index contributed by atoms with van der Waals surface area (Å²) >= 11 is 0. The lowest BCUT2D eigenvalue weighted by Crippen LogP contribution is -2.30. The largest absolute Gasteiger partial charge is 0.354 e. The Bertz CT molecular complexity index is 811. The molecule has 3 nitrogen and oxygen atoms in total. The summed E-state index contributed by atoms with van der Waals surface area (Å²) in [5.41, 5.74) is 3.26. The molecule has 0 saturated carbocycles. The van der Waals surface area contributed by atoms with Crippen LogP contribution in [0.15, 0.2) is 36.7 Å². The number of halogens is 2. The number of hydrogen-bond donors (Lipinski definition) is 2. The Morgan fingerprint density at radius 3 is 2.95 bits per heavy atom. The van der Waals surface area contributed by atoms with E-state index in [0.29, 0.717) is 10.9 Å². The van der Waals surface area contributed by atoms with Crippen LogP contribution in [0.4, 0.5) is 8.78 Å². The second-order valence-electron chi connectivity index (χ2n) is 5.25. The van der Waals surface area contributed by atoms with Crippen molar-refractivity contribution in [1.82, 2.24) is 15.3 Å². The van der Waals surface area contributed by atoms with E-state index in [2.05, 4.69) is 15.3 Å². The van der Waals surface area contributed by atoms with Crippen molar-refractivity contribution in [2.45, 2.75) is 12.5 Å². The van der Waals surface area contributed by atoms with Gasteiger partial charge >= 0.3 is 0 Å². The van der Waals surface area contributed by atoms with Crippen molar-refractivity contribution in [1.29, 1.82) is 0 Å². The molecule has 4 rings (SSSR count). The molecule has 0 fully saturated rings. The SMILES string of the molecule is Fc1cc(F)c2[nH]c3c(c2c1)CCNC3c1cccnc1. The second kappa shape index (κ2) is 4.63. The van der Waals surface area contributed by atoms with Crippen LogP contribution in [0.3, 0.4) is 0 Å². The predicted molar refractivity (Wildman–Crippen MR) is 76.0 cm³/mol. The molecule has 3 aromatic rings. The first-order chi connectivity index (χ1) is 10.2. The van der Waals surface area contributed by atoms with Crippen molar-refractivity contribution in [3.05, 3.63) is 65.1 Å². The molecule has 0 aliphatic carbocycles. The summed E-state index contributed by atoms with van der Waals surface area (Å²) in [4.78, 5) is 7.26. The van der Waals surface area contributed by atoms with Gasteiger partial charge in [0, 0.05) is 36.1 Å². The normalized spacial score (nSPS) is 17.9. The van der Waals surface area contributed by atoms with Crippen LogP contribution in [0.5, 0.6) is 0 Å². The van der Waals surface area contributed by atoms with Gasteiger partial charge in [-0.1, -0.05) is 6.07 Å². The van der Waals surface area contributed by atoms with Crippen molar-refractivity contribution < 1.29 is 8.78 Å². The lowest BCUT2D eigenvalue weighted by Gasteiger charge is -2.24. The summed E-state index contributed by atoms with van der Waals surface area (Å²) < 4.78 is 27.4. The molecule has 21 heavy (non-hydrogen) atoms. The molecule has 0 spiro atoms. The Morgan fingerprint density at radius 1 is 1.24 bits per heavy atom. The van der Waals surface area contributed by atoms with Gasteiger partial charge in [0.05, 0.1) is 11.6 Å². The molecular formula is C16H13F2N3. The van der Waals surface area contributed by atoms with Gasteiger partial charge in [-0.25, -0.2) is 8.78 Å². The average Bonchev–Trinajstić information content (AvgIpc) is 2.87. The fourth-order valence-electron chi connectivity index (χ4n) is 3.08. The van der Waals surface area contributed by atoms with Gasteiger partial charge in [0.25, 0.3) is 0 Å². The van der Waals surface area contributed by atoms with Gasteiger partial charge in [0.15, 0.2) is 0 Å². The highest BCUT2D eigenvalue weighted by Gasteiger charge is 2.26. The molecule has 2 aromatic heterocycles. The van der Waals surface area contributed by atoms with Crippen molar-refractivity contribution in [3.63, 3.8) is 0 Å². The summed E-state index contributed by atoms with van der Waals surface area (Å²) in [6.45, 7) is 0.762. The maximum atomic E-state index is 14.0. The highest BCUT2D eigenvalue weighted by molar-refractivity contribution is 5.86. The third kappa shape index (κ3) is 1.93. The summed E-state index contributed by atoms with van der Waals surface area (Å²) in [7, 11) is 0. The average molecular weight is 285 g/mol. The fourth-order valence-corrected chi connectivity index (χ4v) is 3.08. The van der Waals surface area contributed by atoms with E-state index in [-0.39, 0.29) is 6.04 Å². The van der Waals surface area contributed by atoms with Crippen molar-refractivity contribution in [2.24, 2.45) is 0 Å². The van der Waals surface area contributed by atoms with Gasteiger partial charge in [-0.15, -0.1) is 0 Å². The molecule has 0 bridgehead atoms. The van der Waals surface area contributed by atoms with Crippen LogP contribution in [-0.4, -0.2) is 16.5 Å². The maximum absolute atomic E-state index is 14.0. The number of rotatable bonds is 1. The van der Waals surface area contributed by atoms with Crippen LogP contribution >= 0.6 is 0 Å². The van der Waals surface area contributed by atoms with Gasteiger partial charge in [-0.05, 0) is 29.7 Å². The third-order valence-electron chi connectivity index (χ3n) is 3.99. The van der Waals surface area contributed by atoms with Crippen LogP contribution < -0.4 is 5.32 Å². The van der Waals surface area contributed by atoms with E-state index in [1.54, 1.807) is 12.4 Å². The third-order valence-corrected chi connectivity index (χ3v) is 3.99. The Balaban J connectivity index is 1.95. The highest BCUT2D eigenvalue weighted by atomic mass is 19.1. The molecule has 1 atom stereocenters. The lowest BCUT2D eigenvalue weighted by atomic mass is 9.95. The fraction of sp³-hybridized carbons (Fsp3) is 0.188. The van der Waals surface area contributed by atoms with E-state index < -0.39 is 11.6 Å². The van der Waals surface area contributed by atoms with Gasteiger partial charge in [0.1, 0.15) is 11.6 Å². The summed E-state index contributed by atoms with van der Waals surface area (Å²) in [5.74, 6) is -1.09. The lowest BCUT2D eigenvalue weighted by molar-refractivity contribution is 0.558. The molecule has 1 aliphatic rings. The molecule has 0 radical (unpaired) electrons. The molecule has 2 N–H and O–H groups in total. The number of nitrogens with zero attached hydrogens (tertiary/aromatic N) is 1. The van der Waals surface area contributed by atoms with E-state index in [1.807, 2.05) is 12.1 Å². The smallest absolute Gasteiger partial charge is 0.150 e. The van der Waals surface area contributed by atoms with E-state index in [0.717, 1.165) is 35.9 Å². The zero-order chi connectivity index (χ0) is 14.4. The first-order valence-electron chi connectivity index (χ1n) is 6.87. The van der Waals surface area contributed by atoms with Crippen LogP contribution in [0.25, 0.3) is 10.9 Å². The quantitative estimate of drug-likeness (QED) is 0.721. The standard InChI is InChI=1S/C16H13F2N3/c17-10-6-12-11-3-5-20-14(9-2-1-4-19-8-9)16(11)21-15(12)13(18)7-10/h1-2,4,6-8,14,20-21H,3,5H2. The first-order valence-corrected chi connectivity index (χ1v) is 6.87. The number of nitrogens with one attached hydrogen (secondary N) is 2. The van der Waals surface area contributed by atoms with Gasteiger partial charge in [-0.3, -0.25) is 4.98 Å². The van der Waals surface area contributed by atoms with Crippen LogP contribution in [0, 0.1) is 11.6 Å². The first kappa shape index (κ1) is 12.5. The summed E-state index contributed by atoms with van der Waals surface area (Å²) in [6.07, 6.45) is 4.25. The zero-order valence-electron chi connectivity index (χ0n) is 11.2. The Labute approximate surface area is 120 Å². The van der Waals surface area contributed by atoms with E-state index >= 15 is 0 Å². The van der Waals surface area contributed by atoms with Crippen LogP contribution in [-0.2, 0) is 6.42 Å². The van der Waals surface area contributed by atoms with Crippen molar-refractivity contribution in [3.8, 4) is 0 Å². The van der Waals surface area contributed by atoms with E-state index in [4.69, 9.17) is 0 Å². The monoisotopic (exact) mass is 285 g/mol. The molecule has 0 amide bonds. The van der Waals surface area contributed by atoms with Crippen LogP contribution in [0.1, 0.15) is 22.9 Å². The highest BCUT2D eigenvalue weighted by Crippen LogP contribution is 2.34. The molecule has 106 valence electrons. The molecule has 1 aromatic carbocycles. The van der Waals surface area contributed by atoms with Gasteiger partial charge in [0.2, 0.25) is 0 Å². The number of benzene rings is 1. The number of fused-ring (bicyclic) bond motifs is 3. The van der Waals surface area contributed by atoms with Gasteiger partial charge < -0.3 is 10.3 Å². The minimum atomic E-state index is -0.552. The minimum Gasteiger partial charge on any atom is -0.354 e. The topological polar surface area (TPSA) is 40.7 Å².